The summed E-state index contributed by atoms with van der Waals surface area (Å²) in [6.07, 6.45) is 6.21. The Morgan fingerprint density at radius 1 is 1.10 bits per heavy atom. The molecule has 0 saturated heterocycles. The van der Waals surface area contributed by atoms with E-state index in [2.05, 4.69) is 9.97 Å². The number of carbonyl (C=O) groups is 2. The van der Waals surface area contributed by atoms with Gasteiger partial charge >= 0.3 is 0 Å². The normalized spacial score (nSPS) is 10.6. The van der Waals surface area contributed by atoms with Gasteiger partial charge in [0.15, 0.2) is 5.78 Å². The number of aryl methyl sites for hydroxylation is 1. The molecule has 0 saturated carbocycles. The standard InChI is InChI=1S/C23H22FN3O2/c1-3-23(29)27(2)18-8-9-19(20(24)13-18)21-10-7-17(15-26-21)22(28)11-6-16-5-4-12-25-14-16/h4-5,7-10,12-15H,3,6,11H2,1-2H3. The van der Waals surface area contributed by atoms with E-state index in [4.69, 9.17) is 0 Å². The molecule has 0 aliphatic heterocycles. The van der Waals surface area contributed by atoms with E-state index < -0.39 is 5.82 Å². The number of benzene rings is 1. The lowest BCUT2D eigenvalue weighted by molar-refractivity contribution is -0.118. The van der Waals surface area contributed by atoms with Crippen LogP contribution in [0.15, 0.2) is 61.1 Å². The largest absolute Gasteiger partial charge is 0.315 e. The zero-order valence-electron chi connectivity index (χ0n) is 16.4. The molecule has 29 heavy (non-hydrogen) atoms. The number of nitrogens with zero attached hydrogens (tertiary/aromatic N) is 3. The Balaban J connectivity index is 1.71. The number of rotatable bonds is 7. The van der Waals surface area contributed by atoms with Crippen molar-refractivity contribution in [2.24, 2.45) is 0 Å². The molecule has 6 heteroatoms. The van der Waals surface area contributed by atoms with E-state index in [1.807, 2.05) is 12.1 Å². The Morgan fingerprint density at radius 3 is 2.55 bits per heavy atom. The molecule has 2 heterocycles. The van der Waals surface area contributed by atoms with Crippen LogP contribution in [0.4, 0.5) is 10.1 Å². The molecule has 0 N–H and O–H groups in total. The molecule has 3 rings (SSSR count). The van der Waals surface area contributed by atoms with Crippen molar-refractivity contribution in [1.82, 2.24) is 9.97 Å². The fourth-order valence-corrected chi connectivity index (χ4v) is 2.97. The first-order valence-electron chi connectivity index (χ1n) is 9.44. The van der Waals surface area contributed by atoms with Crippen LogP contribution in [-0.2, 0) is 11.2 Å². The second kappa shape index (κ2) is 9.19. The van der Waals surface area contributed by atoms with E-state index in [1.54, 1.807) is 50.6 Å². The van der Waals surface area contributed by atoms with E-state index in [1.165, 1.54) is 17.2 Å². The molecule has 0 unspecified atom stereocenters. The van der Waals surface area contributed by atoms with E-state index in [-0.39, 0.29) is 11.7 Å². The van der Waals surface area contributed by atoms with Gasteiger partial charge in [-0.3, -0.25) is 19.6 Å². The van der Waals surface area contributed by atoms with Gasteiger partial charge in [0.05, 0.1) is 5.69 Å². The molecular weight excluding hydrogens is 369 g/mol. The Kier molecular flexibility index (Phi) is 6.44. The van der Waals surface area contributed by atoms with Gasteiger partial charge in [0.2, 0.25) is 5.91 Å². The molecule has 0 bridgehead atoms. The fraction of sp³-hybridized carbons (Fsp3) is 0.217. The smallest absolute Gasteiger partial charge is 0.226 e. The first-order valence-corrected chi connectivity index (χ1v) is 9.44. The fourth-order valence-electron chi connectivity index (χ4n) is 2.97. The van der Waals surface area contributed by atoms with E-state index in [9.17, 15) is 14.0 Å². The Bertz CT molecular complexity index is 1000. The maximum absolute atomic E-state index is 14.6. The maximum Gasteiger partial charge on any atom is 0.226 e. The van der Waals surface area contributed by atoms with Crippen molar-refractivity contribution in [2.45, 2.75) is 26.2 Å². The molecule has 0 fully saturated rings. The molecule has 2 aromatic heterocycles. The van der Waals surface area contributed by atoms with Gasteiger partial charge < -0.3 is 4.90 Å². The molecule has 0 radical (unpaired) electrons. The minimum atomic E-state index is -0.471. The Morgan fingerprint density at radius 2 is 1.93 bits per heavy atom. The molecule has 0 aliphatic carbocycles. The number of hydrogen-bond acceptors (Lipinski definition) is 4. The third-order valence-corrected chi connectivity index (χ3v) is 4.74. The third-order valence-electron chi connectivity index (χ3n) is 4.74. The van der Waals surface area contributed by atoms with Gasteiger partial charge in [-0.05, 0) is 48.4 Å². The van der Waals surface area contributed by atoms with Crippen molar-refractivity contribution >= 4 is 17.4 Å². The number of pyridine rings is 2. The second-order valence-corrected chi connectivity index (χ2v) is 6.69. The number of ketones is 1. The molecule has 148 valence electrons. The summed E-state index contributed by atoms with van der Waals surface area (Å²) in [4.78, 5) is 33.9. The van der Waals surface area contributed by atoms with Gasteiger partial charge in [-0.1, -0.05) is 13.0 Å². The highest BCUT2D eigenvalue weighted by Crippen LogP contribution is 2.26. The maximum atomic E-state index is 14.6. The van der Waals surface area contributed by atoms with Crippen molar-refractivity contribution in [2.75, 3.05) is 11.9 Å². The summed E-state index contributed by atoms with van der Waals surface area (Å²) >= 11 is 0. The molecule has 5 nitrogen and oxygen atoms in total. The molecule has 1 aromatic carbocycles. The number of halogens is 1. The average Bonchev–Trinajstić information content (AvgIpc) is 2.77. The van der Waals surface area contributed by atoms with Gasteiger partial charge in [-0.15, -0.1) is 0 Å². The van der Waals surface area contributed by atoms with Gasteiger partial charge in [0.25, 0.3) is 0 Å². The summed E-state index contributed by atoms with van der Waals surface area (Å²) in [7, 11) is 1.62. The predicted octanol–water partition coefficient (Wildman–Crippen LogP) is 4.47. The van der Waals surface area contributed by atoms with Gasteiger partial charge in [0, 0.05) is 55.3 Å². The van der Waals surface area contributed by atoms with Gasteiger partial charge in [0.1, 0.15) is 5.82 Å². The van der Waals surface area contributed by atoms with Crippen LogP contribution in [0.2, 0.25) is 0 Å². The number of hydrogen-bond donors (Lipinski definition) is 0. The van der Waals surface area contributed by atoms with Crippen molar-refractivity contribution in [3.63, 3.8) is 0 Å². The van der Waals surface area contributed by atoms with Crippen LogP contribution in [0.5, 0.6) is 0 Å². The van der Waals surface area contributed by atoms with Crippen molar-refractivity contribution in [3.05, 3.63) is 78.0 Å². The SMILES string of the molecule is CCC(=O)N(C)c1ccc(-c2ccc(C(=O)CCc3cccnc3)cn2)c(F)c1. The third kappa shape index (κ3) is 4.90. The summed E-state index contributed by atoms with van der Waals surface area (Å²) in [5.74, 6) is -0.589. The predicted molar refractivity (Wildman–Crippen MR) is 110 cm³/mol. The summed E-state index contributed by atoms with van der Waals surface area (Å²) < 4.78 is 14.6. The minimum Gasteiger partial charge on any atom is -0.315 e. The van der Waals surface area contributed by atoms with Gasteiger partial charge in [-0.2, -0.15) is 0 Å². The highest BCUT2D eigenvalue weighted by molar-refractivity contribution is 5.96. The number of anilines is 1. The van der Waals surface area contributed by atoms with Crippen LogP contribution < -0.4 is 4.90 Å². The van der Waals surface area contributed by atoms with E-state index in [0.29, 0.717) is 41.8 Å². The molecule has 3 aromatic rings. The molecular formula is C23H22FN3O2. The van der Waals surface area contributed by atoms with Gasteiger partial charge in [-0.25, -0.2) is 4.39 Å². The zero-order chi connectivity index (χ0) is 20.8. The first-order chi connectivity index (χ1) is 14.0. The topological polar surface area (TPSA) is 63.2 Å². The summed E-state index contributed by atoms with van der Waals surface area (Å²) in [6.45, 7) is 1.76. The Hall–Kier alpha value is -3.41. The lowest BCUT2D eigenvalue weighted by Gasteiger charge is -2.17. The van der Waals surface area contributed by atoms with Crippen LogP contribution in [0.25, 0.3) is 11.3 Å². The first kappa shape index (κ1) is 20.3. The zero-order valence-corrected chi connectivity index (χ0v) is 16.4. The monoisotopic (exact) mass is 391 g/mol. The van der Waals surface area contributed by atoms with Crippen LogP contribution in [0, 0.1) is 5.82 Å². The summed E-state index contributed by atoms with van der Waals surface area (Å²) in [5, 5.41) is 0. The highest BCUT2D eigenvalue weighted by Gasteiger charge is 2.14. The number of aromatic nitrogens is 2. The molecule has 0 spiro atoms. The van der Waals surface area contributed by atoms with E-state index in [0.717, 1.165) is 5.56 Å². The van der Waals surface area contributed by atoms with Crippen LogP contribution in [-0.4, -0.2) is 28.7 Å². The minimum absolute atomic E-state index is 0.0246. The van der Waals surface area contributed by atoms with Crippen LogP contribution in [0.3, 0.4) is 0 Å². The Labute approximate surface area is 169 Å². The van der Waals surface area contributed by atoms with Crippen molar-refractivity contribution in [1.29, 1.82) is 0 Å². The summed E-state index contributed by atoms with van der Waals surface area (Å²) in [6, 6.07) is 11.7. The quantitative estimate of drug-likeness (QED) is 0.558. The highest BCUT2D eigenvalue weighted by atomic mass is 19.1. The lowest BCUT2D eigenvalue weighted by Crippen LogP contribution is -2.25. The molecule has 1 amide bonds. The lowest BCUT2D eigenvalue weighted by atomic mass is 10.0. The average molecular weight is 391 g/mol. The number of carbonyl (C=O) groups excluding carboxylic acids is 2. The molecule has 0 aliphatic rings. The molecule has 0 atom stereocenters. The summed E-state index contributed by atoms with van der Waals surface area (Å²) in [5.41, 5.74) is 2.73. The van der Waals surface area contributed by atoms with Crippen LogP contribution >= 0.6 is 0 Å². The number of Topliss-reactive ketones (excluding diaryl/α,β-unsaturated/α-hetero) is 1. The number of amides is 1. The van der Waals surface area contributed by atoms with Crippen LogP contribution in [0.1, 0.15) is 35.7 Å². The van der Waals surface area contributed by atoms with E-state index >= 15 is 0 Å². The van der Waals surface area contributed by atoms with Crippen molar-refractivity contribution in [3.8, 4) is 11.3 Å². The van der Waals surface area contributed by atoms with Crippen molar-refractivity contribution < 1.29 is 14.0 Å². The second-order valence-electron chi connectivity index (χ2n) is 6.69.